The zero-order valence-corrected chi connectivity index (χ0v) is 17.7. The second kappa shape index (κ2) is 8.67. The summed E-state index contributed by atoms with van der Waals surface area (Å²) in [7, 11) is -3.45. The number of alkyl halides is 1. The van der Waals surface area contributed by atoms with E-state index in [1.54, 1.807) is 12.1 Å². The van der Waals surface area contributed by atoms with E-state index in [9.17, 15) is 17.6 Å². The number of hydrogen-bond donors (Lipinski definition) is 2. The van der Waals surface area contributed by atoms with E-state index in [2.05, 4.69) is 10.0 Å². The van der Waals surface area contributed by atoms with Crippen LogP contribution in [0, 0.1) is 18.3 Å². The first-order chi connectivity index (χ1) is 13.2. The fourth-order valence-corrected chi connectivity index (χ4v) is 5.71. The van der Waals surface area contributed by atoms with Crippen molar-refractivity contribution in [3.05, 3.63) is 34.3 Å². The Morgan fingerprint density at radius 2 is 2.04 bits per heavy atom. The number of halogens is 2. The van der Waals surface area contributed by atoms with Gasteiger partial charge in [-0.1, -0.05) is 30.5 Å². The van der Waals surface area contributed by atoms with E-state index in [1.165, 1.54) is 12.8 Å². The van der Waals surface area contributed by atoms with E-state index in [1.807, 2.05) is 13.0 Å². The van der Waals surface area contributed by atoms with Crippen LogP contribution in [0.4, 0.5) is 4.39 Å². The molecule has 5 nitrogen and oxygen atoms in total. The molecule has 156 valence electrons. The summed E-state index contributed by atoms with van der Waals surface area (Å²) in [6.45, 7) is 1.79. The monoisotopic (exact) mass is 430 g/mol. The standard InChI is InChI=1S/C20H28ClFN2O3S/c1-14-3-6-17(18(21)9-14)19(25)23-13-20(10-15-4-5-15)11-16(12-20)24-28(26,27)8-2-7-22/h3,6,9,15-16,24H,2,4-5,7-8,10-13H2,1H3,(H,23,25)/t16-,20-. The lowest BCUT2D eigenvalue weighted by Crippen LogP contribution is -2.55. The maximum absolute atomic E-state index is 12.6. The van der Waals surface area contributed by atoms with Crippen LogP contribution in [0.3, 0.4) is 0 Å². The summed E-state index contributed by atoms with van der Waals surface area (Å²) in [4.78, 5) is 12.6. The quantitative estimate of drug-likeness (QED) is 0.595. The number of carbonyl (C=O) groups excluding carboxylic acids is 1. The summed E-state index contributed by atoms with van der Waals surface area (Å²) in [5.74, 6) is 0.286. The average molecular weight is 431 g/mol. The smallest absolute Gasteiger partial charge is 0.252 e. The Morgan fingerprint density at radius 1 is 1.32 bits per heavy atom. The van der Waals surface area contributed by atoms with Crippen molar-refractivity contribution in [2.24, 2.45) is 11.3 Å². The molecule has 2 aliphatic carbocycles. The molecule has 2 N–H and O–H groups in total. The maximum Gasteiger partial charge on any atom is 0.252 e. The number of aryl methyl sites for hydroxylation is 1. The van der Waals surface area contributed by atoms with Crippen molar-refractivity contribution in [2.45, 2.75) is 51.5 Å². The summed E-state index contributed by atoms with van der Waals surface area (Å²) in [6.07, 6.45) is 4.81. The highest BCUT2D eigenvalue weighted by molar-refractivity contribution is 7.89. The third kappa shape index (κ3) is 5.67. The molecule has 2 fully saturated rings. The molecule has 0 bridgehead atoms. The maximum atomic E-state index is 12.6. The van der Waals surface area contributed by atoms with E-state index < -0.39 is 16.7 Å². The van der Waals surface area contributed by atoms with Gasteiger partial charge in [-0.2, -0.15) is 0 Å². The van der Waals surface area contributed by atoms with Crippen molar-refractivity contribution in [3.63, 3.8) is 0 Å². The molecule has 1 aromatic rings. The Balaban J connectivity index is 1.57. The van der Waals surface area contributed by atoms with Crippen molar-refractivity contribution in [2.75, 3.05) is 19.0 Å². The van der Waals surface area contributed by atoms with Gasteiger partial charge < -0.3 is 5.32 Å². The van der Waals surface area contributed by atoms with Crippen LogP contribution in [-0.4, -0.2) is 39.3 Å². The number of carbonyl (C=O) groups is 1. The summed E-state index contributed by atoms with van der Waals surface area (Å²) in [6, 6.07) is 5.21. The lowest BCUT2D eigenvalue weighted by atomic mass is 9.63. The zero-order valence-electron chi connectivity index (χ0n) is 16.1. The Hall–Kier alpha value is -1.18. The molecule has 0 atom stereocenters. The number of hydrogen-bond acceptors (Lipinski definition) is 3. The van der Waals surface area contributed by atoms with Gasteiger partial charge in [0.2, 0.25) is 10.0 Å². The van der Waals surface area contributed by atoms with Crippen LogP contribution in [0.15, 0.2) is 18.2 Å². The summed E-state index contributed by atoms with van der Waals surface area (Å²) >= 11 is 6.19. The fourth-order valence-electron chi connectivity index (χ4n) is 4.11. The van der Waals surface area contributed by atoms with Gasteiger partial charge in [0, 0.05) is 12.6 Å². The number of nitrogens with one attached hydrogen (secondary N) is 2. The molecule has 8 heteroatoms. The van der Waals surface area contributed by atoms with Crippen LogP contribution in [0.2, 0.25) is 5.02 Å². The summed E-state index contributed by atoms with van der Waals surface area (Å²) in [5.41, 5.74) is 1.37. The normalized spacial score (nSPS) is 24.6. The van der Waals surface area contributed by atoms with Crippen molar-refractivity contribution >= 4 is 27.5 Å². The molecule has 0 spiro atoms. The van der Waals surface area contributed by atoms with Gasteiger partial charge in [-0.25, -0.2) is 13.1 Å². The fraction of sp³-hybridized carbons (Fsp3) is 0.650. The molecule has 2 aliphatic rings. The topological polar surface area (TPSA) is 75.3 Å². The summed E-state index contributed by atoms with van der Waals surface area (Å²) in [5, 5.41) is 3.43. The SMILES string of the molecule is Cc1ccc(C(=O)NC[C@]2(CC3CC3)C[C@@H](NS(=O)(=O)CCCF)C2)c(Cl)c1. The molecule has 2 saturated carbocycles. The second-order valence-corrected chi connectivity index (χ2v) is 10.7. The predicted molar refractivity (Wildman–Crippen MR) is 109 cm³/mol. The third-order valence-corrected chi connectivity index (χ3v) is 7.49. The van der Waals surface area contributed by atoms with E-state index in [0.29, 0.717) is 35.9 Å². The molecule has 0 radical (unpaired) electrons. The molecule has 28 heavy (non-hydrogen) atoms. The molecule has 1 aromatic carbocycles. The number of benzene rings is 1. The zero-order chi connectivity index (χ0) is 20.4. The van der Waals surface area contributed by atoms with Gasteiger partial charge in [0.05, 0.1) is 23.0 Å². The molecule has 0 heterocycles. The Bertz CT molecular complexity index is 821. The van der Waals surface area contributed by atoms with Gasteiger partial charge in [-0.3, -0.25) is 9.18 Å². The first-order valence-corrected chi connectivity index (χ1v) is 11.9. The van der Waals surface area contributed by atoms with Gasteiger partial charge in [0.15, 0.2) is 0 Å². The summed E-state index contributed by atoms with van der Waals surface area (Å²) < 4.78 is 38.9. The van der Waals surface area contributed by atoms with Crippen molar-refractivity contribution < 1.29 is 17.6 Å². The van der Waals surface area contributed by atoms with Crippen molar-refractivity contribution in [1.82, 2.24) is 10.0 Å². The van der Waals surface area contributed by atoms with Gasteiger partial charge in [-0.05, 0) is 61.6 Å². The van der Waals surface area contributed by atoms with Gasteiger partial charge in [0.25, 0.3) is 5.91 Å². The highest BCUT2D eigenvalue weighted by atomic mass is 35.5. The van der Waals surface area contributed by atoms with E-state index in [0.717, 1.165) is 12.0 Å². The Labute approximate surface area is 171 Å². The first-order valence-electron chi connectivity index (χ1n) is 9.82. The number of sulfonamides is 1. The largest absolute Gasteiger partial charge is 0.351 e. The van der Waals surface area contributed by atoms with E-state index in [4.69, 9.17) is 11.6 Å². The minimum Gasteiger partial charge on any atom is -0.351 e. The third-order valence-electron chi connectivity index (χ3n) is 5.66. The van der Waals surface area contributed by atoms with Crippen LogP contribution in [0.5, 0.6) is 0 Å². The molecule has 0 aliphatic heterocycles. The van der Waals surface area contributed by atoms with Gasteiger partial charge in [-0.15, -0.1) is 0 Å². The average Bonchev–Trinajstić information content (AvgIpc) is 3.40. The molecular formula is C20H28ClFN2O3S. The highest BCUT2D eigenvalue weighted by Crippen LogP contribution is 2.51. The predicted octanol–water partition coefficient (Wildman–Crippen LogP) is 3.61. The van der Waals surface area contributed by atoms with Crippen LogP contribution < -0.4 is 10.0 Å². The van der Waals surface area contributed by atoms with Crippen molar-refractivity contribution in [3.8, 4) is 0 Å². The molecule has 0 unspecified atom stereocenters. The van der Waals surface area contributed by atoms with Crippen LogP contribution in [0.1, 0.15) is 54.4 Å². The molecule has 1 amide bonds. The van der Waals surface area contributed by atoms with Crippen LogP contribution in [-0.2, 0) is 10.0 Å². The van der Waals surface area contributed by atoms with E-state index in [-0.39, 0.29) is 29.5 Å². The molecular weight excluding hydrogens is 403 g/mol. The lowest BCUT2D eigenvalue weighted by molar-refractivity contribution is 0.0661. The van der Waals surface area contributed by atoms with Crippen LogP contribution in [0.25, 0.3) is 0 Å². The second-order valence-electron chi connectivity index (χ2n) is 8.40. The Kier molecular flexibility index (Phi) is 6.67. The molecule has 3 rings (SSSR count). The molecule has 0 saturated heterocycles. The Morgan fingerprint density at radius 3 is 2.64 bits per heavy atom. The van der Waals surface area contributed by atoms with Gasteiger partial charge >= 0.3 is 0 Å². The minimum atomic E-state index is -3.45. The van der Waals surface area contributed by atoms with E-state index >= 15 is 0 Å². The molecule has 0 aromatic heterocycles. The number of amides is 1. The van der Waals surface area contributed by atoms with Crippen molar-refractivity contribution in [1.29, 1.82) is 0 Å². The van der Waals surface area contributed by atoms with Gasteiger partial charge in [0.1, 0.15) is 0 Å². The van der Waals surface area contributed by atoms with Crippen LogP contribution >= 0.6 is 11.6 Å². The first kappa shape index (κ1) is 21.5. The number of rotatable bonds is 10. The highest BCUT2D eigenvalue weighted by Gasteiger charge is 2.48. The lowest BCUT2D eigenvalue weighted by Gasteiger charge is -2.48. The minimum absolute atomic E-state index is 0.0165.